The van der Waals surface area contributed by atoms with E-state index in [4.69, 9.17) is 27.3 Å². The van der Waals surface area contributed by atoms with Crippen LogP contribution in [0.4, 0.5) is 0 Å². The summed E-state index contributed by atoms with van der Waals surface area (Å²) in [6, 6.07) is 5.44. The molecule has 0 aliphatic heterocycles. The second-order valence-electron chi connectivity index (χ2n) is 3.45. The molecule has 0 bridgehead atoms. The highest BCUT2D eigenvalue weighted by Gasteiger charge is 2.12. The Morgan fingerprint density at radius 1 is 1.61 bits per heavy atom. The number of rotatable bonds is 3. The number of ether oxygens (including phenoxy) is 1. The van der Waals surface area contributed by atoms with E-state index < -0.39 is 0 Å². The number of halogens is 2. The zero-order valence-corrected chi connectivity index (χ0v) is 12.0. The van der Waals surface area contributed by atoms with Crippen LogP contribution in [-0.4, -0.2) is 22.6 Å². The number of aromatic nitrogens is 1. The first-order valence-electron chi connectivity index (χ1n) is 4.95. The second-order valence-corrected chi connectivity index (χ2v) is 5.02. The number of nitrogens with two attached hydrogens (primary N) is 1. The lowest BCUT2D eigenvalue weighted by atomic mass is 10.2. The molecule has 0 radical (unpaired) electrons. The van der Waals surface area contributed by atoms with Crippen molar-refractivity contribution in [2.75, 3.05) is 6.61 Å². The summed E-state index contributed by atoms with van der Waals surface area (Å²) in [6.45, 7) is -0.0141. The third kappa shape index (κ3) is 2.59. The summed E-state index contributed by atoms with van der Waals surface area (Å²) in [5.74, 6) is 0.562. The van der Waals surface area contributed by atoms with Crippen LogP contribution in [0.1, 0.15) is 0 Å². The van der Waals surface area contributed by atoms with Crippen molar-refractivity contribution in [1.29, 1.82) is 0 Å². The molecule has 0 unspecified atom stereocenters. The monoisotopic (exact) mass is 377 g/mol. The van der Waals surface area contributed by atoms with Gasteiger partial charge in [-0.15, -0.1) is 0 Å². The molecule has 5 nitrogen and oxygen atoms in total. The maximum atomic E-state index is 8.48. The fourth-order valence-corrected chi connectivity index (χ4v) is 2.63. The van der Waals surface area contributed by atoms with Crippen molar-refractivity contribution in [1.82, 2.24) is 4.98 Å². The standard InChI is InChI=1S/C11H9ClIN3O2/c12-7-4-8(13)11(18-5-9(14)16-17)10-6(7)2-1-3-15-10/h1-4,17H,5H2,(H2,14,16). The van der Waals surface area contributed by atoms with Crippen molar-refractivity contribution in [2.24, 2.45) is 10.9 Å². The quantitative estimate of drug-likeness (QED) is 0.283. The molecule has 0 saturated carbocycles. The minimum atomic E-state index is -0.0141. The van der Waals surface area contributed by atoms with Gasteiger partial charge in [-0.1, -0.05) is 16.8 Å². The molecule has 1 heterocycles. The Balaban J connectivity index is 2.49. The van der Waals surface area contributed by atoms with Gasteiger partial charge in [-0.3, -0.25) is 4.98 Å². The highest BCUT2D eigenvalue weighted by molar-refractivity contribution is 14.1. The van der Waals surface area contributed by atoms with Crippen LogP contribution in [0.3, 0.4) is 0 Å². The molecular formula is C11H9ClIN3O2. The van der Waals surface area contributed by atoms with Gasteiger partial charge in [0.2, 0.25) is 0 Å². The number of oxime groups is 1. The van der Waals surface area contributed by atoms with Gasteiger partial charge in [0.25, 0.3) is 0 Å². The van der Waals surface area contributed by atoms with E-state index in [-0.39, 0.29) is 12.4 Å². The van der Waals surface area contributed by atoms with Gasteiger partial charge in [0, 0.05) is 11.6 Å². The number of benzene rings is 1. The second kappa shape index (κ2) is 5.57. The van der Waals surface area contributed by atoms with E-state index in [9.17, 15) is 0 Å². The van der Waals surface area contributed by atoms with Crippen LogP contribution in [0.5, 0.6) is 5.75 Å². The fourth-order valence-electron chi connectivity index (χ4n) is 1.46. The molecule has 0 fully saturated rings. The largest absolute Gasteiger partial charge is 0.482 e. The van der Waals surface area contributed by atoms with Crippen LogP contribution < -0.4 is 10.5 Å². The van der Waals surface area contributed by atoms with Gasteiger partial charge in [-0.2, -0.15) is 0 Å². The molecular weight excluding hydrogens is 368 g/mol. The summed E-state index contributed by atoms with van der Waals surface area (Å²) in [7, 11) is 0. The Morgan fingerprint density at radius 2 is 2.39 bits per heavy atom. The van der Waals surface area contributed by atoms with Gasteiger partial charge in [-0.25, -0.2) is 0 Å². The normalized spacial score (nSPS) is 11.8. The maximum absolute atomic E-state index is 8.48. The van der Waals surface area contributed by atoms with Crippen LogP contribution in [-0.2, 0) is 0 Å². The summed E-state index contributed by atoms with van der Waals surface area (Å²) in [5.41, 5.74) is 6.02. The summed E-state index contributed by atoms with van der Waals surface area (Å²) in [5, 5.41) is 12.7. The summed E-state index contributed by atoms with van der Waals surface area (Å²) in [6.07, 6.45) is 1.66. The average Bonchev–Trinajstić information content (AvgIpc) is 2.38. The van der Waals surface area contributed by atoms with Crippen molar-refractivity contribution >= 4 is 50.9 Å². The summed E-state index contributed by atoms with van der Waals surface area (Å²) >= 11 is 8.24. The minimum Gasteiger partial charge on any atom is -0.482 e. The molecule has 0 aliphatic rings. The maximum Gasteiger partial charge on any atom is 0.177 e. The molecule has 0 saturated heterocycles. The number of pyridine rings is 1. The van der Waals surface area contributed by atoms with Gasteiger partial charge in [-0.05, 0) is 40.8 Å². The molecule has 7 heteroatoms. The number of nitrogens with zero attached hydrogens (tertiary/aromatic N) is 2. The van der Waals surface area contributed by atoms with Crippen LogP contribution in [0.15, 0.2) is 29.6 Å². The van der Waals surface area contributed by atoms with Crippen LogP contribution in [0.2, 0.25) is 5.02 Å². The third-order valence-corrected chi connectivity index (χ3v) is 3.36. The molecule has 0 spiro atoms. The van der Waals surface area contributed by atoms with E-state index in [0.29, 0.717) is 16.3 Å². The van der Waals surface area contributed by atoms with Crippen molar-refractivity contribution in [3.63, 3.8) is 0 Å². The topological polar surface area (TPSA) is 80.7 Å². The van der Waals surface area contributed by atoms with Gasteiger partial charge in [0.05, 0.1) is 8.59 Å². The zero-order chi connectivity index (χ0) is 13.1. The van der Waals surface area contributed by atoms with E-state index in [1.165, 1.54) is 0 Å². The smallest absolute Gasteiger partial charge is 0.177 e. The highest BCUT2D eigenvalue weighted by Crippen LogP contribution is 2.34. The van der Waals surface area contributed by atoms with Crippen LogP contribution >= 0.6 is 34.2 Å². The van der Waals surface area contributed by atoms with E-state index in [1.54, 1.807) is 18.3 Å². The molecule has 2 rings (SSSR count). The number of amidine groups is 1. The first kappa shape index (κ1) is 13.2. The van der Waals surface area contributed by atoms with Crippen molar-refractivity contribution in [2.45, 2.75) is 0 Å². The van der Waals surface area contributed by atoms with Crippen molar-refractivity contribution in [3.8, 4) is 5.75 Å². The zero-order valence-electron chi connectivity index (χ0n) is 9.10. The number of hydrogen-bond donors (Lipinski definition) is 2. The third-order valence-electron chi connectivity index (χ3n) is 2.24. The molecule has 18 heavy (non-hydrogen) atoms. The predicted molar refractivity (Wildman–Crippen MR) is 78.4 cm³/mol. The van der Waals surface area contributed by atoms with Gasteiger partial charge in [0.15, 0.2) is 11.6 Å². The molecule has 1 aromatic carbocycles. The lowest BCUT2D eigenvalue weighted by Crippen LogP contribution is -2.21. The molecule has 1 aromatic heterocycles. The first-order valence-corrected chi connectivity index (χ1v) is 6.41. The van der Waals surface area contributed by atoms with E-state index in [2.05, 4.69) is 32.7 Å². The van der Waals surface area contributed by atoms with Crippen molar-refractivity contribution < 1.29 is 9.94 Å². The van der Waals surface area contributed by atoms with E-state index >= 15 is 0 Å². The lowest BCUT2D eigenvalue weighted by Gasteiger charge is -2.11. The Bertz CT molecular complexity index is 619. The first-order chi connectivity index (χ1) is 8.63. The molecule has 3 N–H and O–H groups in total. The molecule has 0 amide bonds. The van der Waals surface area contributed by atoms with E-state index in [1.807, 2.05) is 6.07 Å². The molecule has 94 valence electrons. The minimum absolute atomic E-state index is 0.00942. The average molecular weight is 378 g/mol. The fraction of sp³-hybridized carbons (Fsp3) is 0.0909. The van der Waals surface area contributed by atoms with Gasteiger partial charge < -0.3 is 15.7 Å². The number of fused-ring (bicyclic) bond motifs is 1. The van der Waals surface area contributed by atoms with Gasteiger partial charge >= 0.3 is 0 Å². The molecule has 0 aliphatic carbocycles. The molecule has 0 atom stereocenters. The van der Waals surface area contributed by atoms with E-state index in [0.717, 1.165) is 8.96 Å². The summed E-state index contributed by atoms with van der Waals surface area (Å²) in [4.78, 5) is 4.25. The SMILES string of the molecule is N/C(COc1c(I)cc(Cl)c2cccnc12)=N\O. The van der Waals surface area contributed by atoms with Crippen LogP contribution in [0.25, 0.3) is 10.9 Å². The Hall–Kier alpha value is -1.28. The van der Waals surface area contributed by atoms with Crippen LogP contribution in [0, 0.1) is 3.57 Å². The lowest BCUT2D eigenvalue weighted by molar-refractivity contribution is 0.306. The Labute approximate surface area is 122 Å². The number of hydrogen-bond acceptors (Lipinski definition) is 4. The van der Waals surface area contributed by atoms with Gasteiger partial charge in [0.1, 0.15) is 12.1 Å². The predicted octanol–water partition coefficient (Wildman–Crippen LogP) is 2.62. The Kier molecular flexibility index (Phi) is 4.07. The molecule has 2 aromatic rings. The Morgan fingerprint density at radius 3 is 3.11 bits per heavy atom. The van der Waals surface area contributed by atoms with Crippen molar-refractivity contribution in [3.05, 3.63) is 33.0 Å². The highest BCUT2D eigenvalue weighted by atomic mass is 127. The summed E-state index contributed by atoms with van der Waals surface area (Å²) < 4.78 is 6.33.